The molecule has 0 spiro atoms. The summed E-state index contributed by atoms with van der Waals surface area (Å²) in [6.07, 6.45) is 1.42. The molecule has 108 valence electrons. The van der Waals surface area contributed by atoms with Gasteiger partial charge in [-0.2, -0.15) is 0 Å². The van der Waals surface area contributed by atoms with E-state index in [2.05, 4.69) is 18.8 Å². The lowest BCUT2D eigenvalue weighted by atomic mass is 10.0. The lowest BCUT2D eigenvalue weighted by Crippen LogP contribution is -1.90. The summed E-state index contributed by atoms with van der Waals surface area (Å²) >= 11 is 0. The maximum Gasteiger partial charge on any atom is 0.270 e. The minimum atomic E-state index is -0.506. The molecule has 0 unspecified atom stereocenters. The fourth-order valence-corrected chi connectivity index (χ4v) is 1.85. The van der Waals surface area contributed by atoms with Crippen LogP contribution in [-0.4, -0.2) is 16.2 Å². The molecule has 0 bridgehead atoms. The minimum Gasteiger partial charge on any atom is -0.507 e. The van der Waals surface area contributed by atoms with Gasteiger partial charge in [0, 0.05) is 23.9 Å². The molecular formula is C16H16N2O3. The second-order valence-electron chi connectivity index (χ2n) is 5.00. The SMILES string of the molecule is CC(C)c1ccc(N=Cc2cc([N+](=O)[O-])ccc2O)cc1. The molecule has 0 saturated heterocycles. The van der Waals surface area contributed by atoms with Crippen molar-refractivity contribution in [2.45, 2.75) is 19.8 Å². The topological polar surface area (TPSA) is 75.7 Å². The summed E-state index contributed by atoms with van der Waals surface area (Å²) in [5, 5.41) is 20.4. The van der Waals surface area contributed by atoms with Crippen LogP contribution < -0.4 is 0 Å². The average Bonchev–Trinajstić information content (AvgIpc) is 2.46. The van der Waals surface area contributed by atoms with E-state index in [0.717, 1.165) is 5.69 Å². The Balaban J connectivity index is 2.24. The maximum atomic E-state index is 10.7. The standard InChI is InChI=1S/C16H16N2O3/c1-11(2)12-3-5-14(6-4-12)17-10-13-9-15(18(20)21)7-8-16(13)19/h3-11,19H,1-2H3. The summed E-state index contributed by atoms with van der Waals surface area (Å²) in [6.45, 7) is 4.22. The van der Waals surface area contributed by atoms with Gasteiger partial charge in [-0.05, 0) is 29.7 Å². The lowest BCUT2D eigenvalue weighted by molar-refractivity contribution is -0.384. The van der Waals surface area contributed by atoms with Gasteiger partial charge in [-0.15, -0.1) is 0 Å². The molecule has 0 aliphatic rings. The third kappa shape index (κ3) is 3.66. The average molecular weight is 284 g/mol. The van der Waals surface area contributed by atoms with E-state index >= 15 is 0 Å². The molecular weight excluding hydrogens is 268 g/mol. The predicted octanol–water partition coefficient (Wildman–Crippen LogP) is 4.17. The summed E-state index contributed by atoms with van der Waals surface area (Å²) in [6, 6.07) is 11.6. The third-order valence-corrected chi connectivity index (χ3v) is 3.13. The van der Waals surface area contributed by atoms with Crippen LogP contribution in [0.4, 0.5) is 11.4 Å². The number of hydrogen-bond donors (Lipinski definition) is 1. The van der Waals surface area contributed by atoms with Crippen LogP contribution >= 0.6 is 0 Å². The zero-order valence-corrected chi connectivity index (χ0v) is 11.9. The van der Waals surface area contributed by atoms with E-state index in [1.807, 2.05) is 24.3 Å². The number of rotatable bonds is 4. The molecule has 0 heterocycles. The summed E-state index contributed by atoms with van der Waals surface area (Å²) in [7, 11) is 0. The van der Waals surface area contributed by atoms with Crippen LogP contribution in [0.5, 0.6) is 5.75 Å². The Kier molecular flexibility index (Phi) is 4.33. The first-order valence-electron chi connectivity index (χ1n) is 6.59. The Morgan fingerprint density at radius 2 is 1.86 bits per heavy atom. The highest BCUT2D eigenvalue weighted by Gasteiger charge is 2.08. The molecule has 5 heteroatoms. The van der Waals surface area contributed by atoms with Crippen molar-refractivity contribution in [3.8, 4) is 5.75 Å². The molecule has 0 fully saturated rings. The monoisotopic (exact) mass is 284 g/mol. The minimum absolute atomic E-state index is 0.0387. The quantitative estimate of drug-likeness (QED) is 0.520. The van der Waals surface area contributed by atoms with E-state index < -0.39 is 4.92 Å². The van der Waals surface area contributed by atoms with Gasteiger partial charge >= 0.3 is 0 Å². The first kappa shape index (κ1) is 14.7. The second-order valence-corrected chi connectivity index (χ2v) is 5.00. The molecule has 0 aromatic heterocycles. The number of benzene rings is 2. The highest BCUT2D eigenvalue weighted by molar-refractivity contribution is 5.86. The van der Waals surface area contributed by atoms with Crippen LogP contribution in [0.2, 0.25) is 0 Å². The number of phenolic OH excluding ortho intramolecular Hbond substituents is 1. The van der Waals surface area contributed by atoms with Gasteiger partial charge in [-0.3, -0.25) is 15.1 Å². The maximum absolute atomic E-state index is 10.7. The van der Waals surface area contributed by atoms with Crippen molar-refractivity contribution in [3.63, 3.8) is 0 Å². The molecule has 0 atom stereocenters. The van der Waals surface area contributed by atoms with Gasteiger partial charge in [-0.25, -0.2) is 0 Å². The Bertz CT molecular complexity index is 676. The number of aliphatic imine (C=N–C) groups is 1. The Morgan fingerprint density at radius 1 is 1.19 bits per heavy atom. The zero-order chi connectivity index (χ0) is 15.4. The van der Waals surface area contributed by atoms with Crippen LogP contribution in [-0.2, 0) is 0 Å². The van der Waals surface area contributed by atoms with Crippen molar-refractivity contribution < 1.29 is 10.0 Å². The van der Waals surface area contributed by atoms with Crippen LogP contribution in [0.1, 0.15) is 30.9 Å². The smallest absolute Gasteiger partial charge is 0.270 e. The Hall–Kier alpha value is -2.69. The van der Waals surface area contributed by atoms with Gasteiger partial charge in [0.2, 0.25) is 0 Å². The summed E-state index contributed by atoms with van der Waals surface area (Å²) in [4.78, 5) is 14.4. The first-order chi connectivity index (χ1) is 9.97. The molecule has 0 aliphatic carbocycles. The van der Waals surface area contributed by atoms with Crippen LogP contribution in [0, 0.1) is 10.1 Å². The summed E-state index contributed by atoms with van der Waals surface area (Å²) < 4.78 is 0. The van der Waals surface area contributed by atoms with Crippen molar-refractivity contribution in [2.75, 3.05) is 0 Å². The van der Waals surface area contributed by atoms with Gasteiger partial charge in [0.1, 0.15) is 5.75 Å². The molecule has 2 rings (SSSR count). The molecule has 21 heavy (non-hydrogen) atoms. The van der Waals surface area contributed by atoms with Crippen molar-refractivity contribution >= 4 is 17.6 Å². The highest BCUT2D eigenvalue weighted by atomic mass is 16.6. The molecule has 5 nitrogen and oxygen atoms in total. The van der Waals surface area contributed by atoms with Crippen molar-refractivity contribution in [1.82, 2.24) is 0 Å². The van der Waals surface area contributed by atoms with E-state index in [4.69, 9.17) is 0 Å². The van der Waals surface area contributed by atoms with E-state index in [0.29, 0.717) is 11.5 Å². The van der Waals surface area contributed by atoms with Crippen LogP contribution in [0.3, 0.4) is 0 Å². The fourth-order valence-electron chi connectivity index (χ4n) is 1.85. The molecule has 0 saturated carbocycles. The molecule has 1 N–H and O–H groups in total. The molecule has 2 aromatic carbocycles. The number of phenols is 1. The van der Waals surface area contributed by atoms with Gasteiger partial charge in [0.05, 0.1) is 10.6 Å². The molecule has 0 radical (unpaired) electrons. The van der Waals surface area contributed by atoms with Crippen molar-refractivity contribution in [3.05, 3.63) is 63.7 Å². The molecule has 0 amide bonds. The fraction of sp³-hybridized carbons (Fsp3) is 0.188. The summed E-state index contributed by atoms with van der Waals surface area (Å²) in [5.41, 5.74) is 2.18. The number of aromatic hydroxyl groups is 1. The number of non-ortho nitro benzene ring substituents is 1. The highest BCUT2D eigenvalue weighted by Crippen LogP contribution is 2.23. The third-order valence-electron chi connectivity index (χ3n) is 3.13. The largest absolute Gasteiger partial charge is 0.507 e. The van der Waals surface area contributed by atoms with Crippen molar-refractivity contribution in [2.24, 2.45) is 4.99 Å². The second kappa shape index (κ2) is 6.17. The number of nitrogens with zero attached hydrogens (tertiary/aromatic N) is 2. The van der Waals surface area contributed by atoms with E-state index in [1.165, 1.54) is 30.0 Å². The van der Waals surface area contributed by atoms with Gasteiger partial charge in [0.15, 0.2) is 0 Å². The molecule has 0 aliphatic heterocycles. The van der Waals surface area contributed by atoms with Crippen molar-refractivity contribution in [1.29, 1.82) is 0 Å². The van der Waals surface area contributed by atoms with Crippen LogP contribution in [0.25, 0.3) is 0 Å². The number of nitro benzene ring substituents is 1. The Morgan fingerprint density at radius 3 is 2.43 bits per heavy atom. The van der Waals surface area contributed by atoms with Crippen LogP contribution in [0.15, 0.2) is 47.5 Å². The predicted molar refractivity (Wildman–Crippen MR) is 82.5 cm³/mol. The number of hydrogen-bond acceptors (Lipinski definition) is 4. The van der Waals surface area contributed by atoms with E-state index in [-0.39, 0.29) is 11.4 Å². The zero-order valence-electron chi connectivity index (χ0n) is 11.9. The van der Waals surface area contributed by atoms with Gasteiger partial charge in [-0.1, -0.05) is 26.0 Å². The number of nitro groups is 1. The lowest BCUT2D eigenvalue weighted by Gasteiger charge is -2.04. The Labute approximate surface area is 122 Å². The normalized spacial score (nSPS) is 11.2. The van der Waals surface area contributed by atoms with E-state index in [9.17, 15) is 15.2 Å². The van der Waals surface area contributed by atoms with Gasteiger partial charge in [0.25, 0.3) is 5.69 Å². The summed E-state index contributed by atoms with van der Waals surface area (Å²) in [5.74, 6) is 0.409. The van der Waals surface area contributed by atoms with Gasteiger partial charge < -0.3 is 5.11 Å². The van der Waals surface area contributed by atoms with E-state index in [1.54, 1.807) is 0 Å². The first-order valence-corrected chi connectivity index (χ1v) is 6.59. The molecule has 2 aromatic rings.